The predicted molar refractivity (Wildman–Crippen MR) is 116 cm³/mol. The second-order valence-electron chi connectivity index (χ2n) is 8.86. The number of ether oxygens (including phenoxy) is 1. The number of carbonyl (C=O) groups is 1. The lowest BCUT2D eigenvalue weighted by Gasteiger charge is -2.29. The number of hydrogen-bond donors (Lipinski definition) is 0. The average Bonchev–Trinajstić information content (AvgIpc) is 3.06. The van der Waals surface area contributed by atoms with Crippen molar-refractivity contribution in [2.24, 2.45) is 0 Å². The first-order chi connectivity index (χ1) is 14.7. The third-order valence-electron chi connectivity index (χ3n) is 5.31. The second-order valence-corrected chi connectivity index (χ2v) is 8.86. The number of benzene rings is 2. The zero-order valence-corrected chi connectivity index (χ0v) is 18.0. The van der Waals surface area contributed by atoms with Gasteiger partial charge in [0.15, 0.2) is 0 Å². The Morgan fingerprint density at radius 3 is 2.35 bits per heavy atom. The fraction of sp³-hybridized carbons (Fsp3) is 0.320. The number of carbonyl (C=O) groups excluding carboxylic acids is 1. The SMILES string of the molecule is CC(C)(C)OC(=O)n1c(-c2c(F)cccc2F)cc2c1CN(Cc1ccccc1)CC2. The second kappa shape index (κ2) is 8.27. The Bertz CT molecular complexity index is 1080. The van der Waals surface area contributed by atoms with Crippen LogP contribution in [0.2, 0.25) is 0 Å². The first-order valence-electron chi connectivity index (χ1n) is 10.4. The van der Waals surface area contributed by atoms with E-state index in [-0.39, 0.29) is 11.3 Å². The van der Waals surface area contributed by atoms with Crippen molar-refractivity contribution < 1.29 is 18.3 Å². The monoisotopic (exact) mass is 424 g/mol. The van der Waals surface area contributed by atoms with Crippen LogP contribution >= 0.6 is 0 Å². The van der Waals surface area contributed by atoms with Crippen molar-refractivity contribution >= 4 is 6.09 Å². The molecular formula is C25H26F2N2O2. The lowest BCUT2D eigenvalue weighted by atomic mass is 10.1. The van der Waals surface area contributed by atoms with Crippen LogP contribution in [0.25, 0.3) is 11.3 Å². The predicted octanol–water partition coefficient (Wildman–Crippen LogP) is 5.77. The molecule has 0 amide bonds. The summed E-state index contributed by atoms with van der Waals surface area (Å²) in [6.45, 7) is 7.31. The smallest absolute Gasteiger partial charge is 0.419 e. The van der Waals surface area contributed by atoms with Crippen LogP contribution in [0.3, 0.4) is 0 Å². The van der Waals surface area contributed by atoms with E-state index in [1.165, 1.54) is 28.3 Å². The number of rotatable bonds is 3. The molecule has 1 aliphatic heterocycles. The highest BCUT2D eigenvalue weighted by Gasteiger charge is 2.30. The molecular weight excluding hydrogens is 398 g/mol. The maximum atomic E-state index is 14.6. The van der Waals surface area contributed by atoms with Crippen molar-refractivity contribution in [1.29, 1.82) is 0 Å². The van der Waals surface area contributed by atoms with Gasteiger partial charge in [0, 0.05) is 25.3 Å². The quantitative estimate of drug-likeness (QED) is 0.535. The van der Waals surface area contributed by atoms with Crippen LogP contribution in [-0.2, 0) is 24.2 Å². The normalized spacial score (nSPS) is 14.4. The summed E-state index contributed by atoms with van der Waals surface area (Å²) in [5.74, 6) is -1.42. The van der Waals surface area contributed by atoms with Gasteiger partial charge < -0.3 is 4.74 Å². The van der Waals surface area contributed by atoms with Crippen LogP contribution < -0.4 is 0 Å². The number of hydrogen-bond acceptors (Lipinski definition) is 3. The molecule has 0 bridgehead atoms. The summed E-state index contributed by atoms with van der Waals surface area (Å²) in [5, 5.41) is 0. The minimum Gasteiger partial charge on any atom is -0.443 e. The van der Waals surface area contributed by atoms with Gasteiger partial charge in [-0.3, -0.25) is 4.90 Å². The highest BCUT2D eigenvalue weighted by atomic mass is 19.1. The van der Waals surface area contributed by atoms with Gasteiger partial charge in [0.2, 0.25) is 0 Å². The van der Waals surface area contributed by atoms with Crippen molar-refractivity contribution in [3.8, 4) is 11.3 Å². The first kappa shape index (κ1) is 21.2. The maximum absolute atomic E-state index is 14.6. The van der Waals surface area contributed by atoms with E-state index in [1.54, 1.807) is 26.8 Å². The van der Waals surface area contributed by atoms with Crippen LogP contribution in [-0.4, -0.2) is 27.7 Å². The molecule has 2 aromatic carbocycles. The molecule has 0 saturated heterocycles. The molecule has 4 nitrogen and oxygen atoms in total. The number of aromatic nitrogens is 1. The molecule has 0 spiro atoms. The molecule has 0 N–H and O–H groups in total. The summed E-state index contributed by atoms with van der Waals surface area (Å²) < 4.78 is 36.2. The summed E-state index contributed by atoms with van der Waals surface area (Å²) in [6, 6.07) is 15.5. The van der Waals surface area contributed by atoms with Crippen LogP contribution in [0.5, 0.6) is 0 Å². The zero-order valence-electron chi connectivity index (χ0n) is 18.0. The molecule has 0 fully saturated rings. The van der Waals surface area contributed by atoms with Crippen LogP contribution in [0.4, 0.5) is 13.6 Å². The van der Waals surface area contributed by atoms with E-state index in [2.05, 4.69) is 17.0 Å². The Labute approximate surface area is 181 Å². The van der Waals surface area contributed by atoms with Gasteiger partial charge in [0.05, 0.1) is 11.3 Å². The molecule has 6 heteroatoms. The largest absolute Gasteiger partial charge is 0.443 e. The molecule has 0 atom stereocenters. The summed E-state index contributed by atoms with van der Waals surface area (Å²) in [4.78, 5) is 15.4. The van der Waals surface area contributed by atoms with Gasteiger partial charge >= 0.3 is 6.09 Å². The summed E-state index contributed by atoms with van der Waals surface area (Å²) in [7, 11) is 0. The standard InChI is InChI=1S/C25H26F2N2O2/c1-25(2,3)31-24(30)29-21(23-19(26)10-7-11-20(23)27)14-18-12-13-28(16-22(18)29)15-17-8-5-4-6-9-17/h4-11,14H,12-13,15-16H2,1-3H3. The van der Waals surface area contributed by atoms with E-state index in [0.717, 1.165) is 18.7 Å². The molecule has 1 aromatic heterocycles. The molecule has 1 aliphatic rings. The fourth-order valence-electron chi connectivity index (χ4n) is 3.98. The van der Waals surface area contributed by atoms with Crippen molar-refractivity contribution in [1.82, 2.24) is 9.47 Å². The van der Waals surface area contributed by atoms with E-state index in [0.29, 0.717) is 18.7 Å². The summed E-state index contributed by atoms with van der Waals surface area (Å²) >= 11 is 0. The minimum atomic E-state index is -0.738. The van der Waals surface area contributed by atoms with Gasteiger partial charge in [0.25, 0.3) is 0 Å². The molecule has 0 radical (unpaired) electrons. The highest BCUT2D eigenvalue weighted by molar-refractivity contribution is 5.81. The van der Waals surface area contributed by atoms with E-state index < -0.39 is 23.3 Å². The van der Waals surface area contributed by atoms with Crippen LogP contribution in [0, 0.1) is 11.6 Å². The molecule has 0 unspecified atom stereocenters. The fourth-order valence-corrected chi connectivity index (χ4v) is 3.98. The molecule has 3 aromatic rings. The molecule has 162 valence electrons. The van der Waals surface area contributed by atoms with E-state index in [9.17, 15) is 13.6 Å². The zero-order chi connectivity index (χ0) is 22.2. The number of halogens is 2. The Hall–Kier alpha value is -2.99. The topological polar surface area (TPSA) is 34.5 Å². The van der Waals surface area contributed by atoms with Crippen LogP contribution in [0.15, 0.2) is 54.6 Å². The van der Waals surface area contributed by atoms with E-state index >= 15 is 0 Å². The Balaban J connectivity index is 1.77. The van der Waals surface area contributed by atoms with Gasteiger partial charge in [-0.25, -0.2) is 18.1 Å². The third-order valence-corrected chi connectivity index (χ3v) is 5.31. The van der Waals surface area contributed by atoms with Gasteiger partial charge in [-0.1, -0.05) is 36.4 Å². The average molecular weight is 424 g/mol. The van der Waals surface area contributed by atoms with Gasteiger partial charge in [-0.2, -0.15) is 0 Å². The third kappa shape index (κ3) is 4.54. The van der Waals surface area contributed by atoms with Gasteiger partial charge in [-0.15, -0.1) is 0 Å². The Morgan fingerprint density at radius 1 is 1.03 bits per heavy atom. The minimum absolute atomic E-state index is 0.191. The molecule has 0 saturated carbocycles. The first-order valence-corrected chi connectivity index (χ1v) is 10.4. The molecule has 4 rings (SSSR count). The van der Waals surface area contributed by atoms with Crippen molar-refractivity contribution in [3.05, 3.63) is 83.1 Å². The van der Waals surface area contributed by atoms with Crippen molar-refractivity contribution in [2.75, 3.05) is 6.54 Å². The lowest BCUT2D eigenvalue weighted by molar-refractivity contribution is 0.0529. The number of nitrogens with zero attached hydrogens (tertiary/aromatic N) is 2. The molecule has 0 aliphatic carbocycles. The van der Waals surface area contributed by atoms with Gasteiger partial charge in [0.1, 0.15) is 17.2 Å². The maximum Gasteiger partial charge on any atom is 0.419 e. The Morgan fingerprint density at radius 2 is 1.71 bits per heavy atom. The highest BCUT2D eigenvalue weighted by Crippen LogP contribution is 2.34. The number of fused-ring (bicyclic) bond motifs is 1. The summed E-state index contributed by atoms with van der Waals surface area (Å²) in [5.41, 5.74) is 2.04. The van der Waals surface area contributed by atoms with Gasteiger partial charge in [-0.05, 0) is 56.5 Å². The van der Waals surface area contributed by atoms with Crippen molar-refractivity contribution in [3.63, 3.8) is 0 Å². The van der Waals surface area contributed by atoms with E-state index in [4.69, 9.17) is 4.74 Å². The summed E-state index contributed by atoms with van der Waals surface area (Å²) in [6.07, 6.45) is 0.0501. The Kier molecular flexibility index (Phi) is 5.67. The van der Waals surface area contributed by atoms with Crippen LogP contribution in [0.1, 0.15) is 37.6 Å². The molecule has 2 heterocycles. The van der Waals surface area contributed by atoms with E-state index in [1.807, 2.05) is 18.2 Å². The lowest BCUT2D eigenvalue weighted by Crippen LogP contribution is -2.34. The van der Waals surface area contributed by atoms with Crippen molar-refractivity contribution in [2.45, 2.75) is 45.9 Å². The molecule has 31 heavy (non-hydrogen) atoms.